The van der Waals surface area contributed by atoms with Crippen LogP contribution in [0.5, 0.6) is 0 Å². The fourth-order valence-corrected chi connectivity index (χ4v) is 4.36. The number of ether oxygens (including phenoxy) is 1. The first kappa shape index (κ1) is 11.5. The smallest absolute Gasteiger partial charge is 0.226 e. The van der Waals surface area contributed by atoms with Gasteiger partial charge in [0.25, 0.3) is 0 Å². The Bertz CT molecular complexity index is 320. The number of hydrogen-bond donors (Lipinski definition) is 0. The van der Waals surface area contributed by atoms with Crippen LogP contribution in [0.15, 0.2) is 0 Å². The number of carbonyl (C=O) groups is 1. The molecule has 0 unspecified atom stereocenters. The lowest BCUT2D eigenvalue weighted by atomic mass is 9.68. The summed E-state index contributed by atoms with van der Waals surface area (Å²) in [6.07, 6.45) is 3.90. The van der Waals surface area contributed by atoms with Crippen molar-refractivity contribution in [2.45, 2.75) is 33.1 Å². The summed E-state index contributed by atoms with van der Waals surface area (Å²) in [5.41, 5.74) is 0.221. The lowest BCUT2D eigenvalue weighted by molar-refractivity contribution is -0.145. The van der Waals surface area contributed by atoms with E-state index in [0.29, 0.717) is 25.0 Å². The van der Waals surface area contributed by atoms with Gasteiger partial charge in [0.05, 0.1) is 13.2 Å². The average Bonchev–Trinajstić information content (AvgIpc) is 2.87. The van der Waals surface area contributed by atoms with E-state index in [2.05, 4.69) is 13.8 Å². The highest BCUT2D eigenvalue weighted by Crippen LogP contribution is 2.59. The third-order valence-electron chi connectivity index (χ3n) is 5.39. The van der Waals surface area contributed by atoms with Crippen LogP contribution in [0.25, 0.3) is 0 Å². The fraction of sp³-hybridized carbons (Fsp3) is 0.929. The minimum Gasteiger partial charge on any atom is -0.378 e. The second kappa shape index (κ2) is 3.98. The van der Waals surface area contributed by atoms with E-state index in [-0.39, 0.29) is 11.3 Å². The van der Waals surface area contributed by atoms with Crippen LogP contribution in [0.3, 0.4) is 0 Å². The molecule has 0 radical (unpaired) electrons. The molecule has 2 bridgehead atoms. The van der Waals surface area contributed by atoms with Gasteiger partial charge in [-0.2, -0.15) is 0 Å². The summed E-state index contributed by atoms with van der Waals surface area (Å²) < 4.78 is 5.33. The van der Waals surface area contributed by atoms with Crippen LogP contribution in [0, 0.1) is 23.2 Å². The number of hydrogen-bond acceptors (Lipinski definition) is 2. The number of rotatable bonds is 1. The van der Waals surface area contributed by atoms with Crippen LogP contribution in [-0.4, -0.2) is 37.1 Å². The van der Waals surface area contributed by atoms with Crippen molar-refractivity contribution in [1.29, 1.82) is 0 Å². The van der Waals surface area contributed by atoms with Crippen LogP contribution in [-0.2, 0) is 9.53 Å². The molecule has 1 aliphatic heterocycles. The summed E-state index contributed by atoms with van der Waals surface area (Å²) in [6, 6.07) is 0. The number of nitrogens with zero attached hydrogens (tertiary/aromatic N) is 1. The molecule has 2 aliphatic carbocycles. The zero-order chi connectivity index (χ0) is 12.0. The molecule has 3 rings (SSSR count). The predicted molar refractivity (Wildman–Crippen MR) is 65.5 cm³/mol. The average molecular weight is 237 g/mol. The Balaban J connectivity index is 1.77. The highest BCUT2D eigenvalue weighted by atomic mass is 16.5. The Morgan fingerprint density at radius 3 is 2.53 bits per heavy atom. The molecular weight excluding hydrogens is 214 g/mol. The lowest BCUT2D eigenvalue weighted by Gasteiger charge is -2.40. The molecular formula is C14H23NO2. The van der Waals surface area contributed by atoms with E-state index in [1.807, 2.05) is 4.90 Å². The van der Waals surface area contributed by atoms with Gasteiger partial charge in [0.2, 0.25) is 5.91 Å². The summed E-state index contributed by atoms with van der Waals surface area (Å²) in [5, 5.41) is 0. The summed E-state index contributed by atoms with van der Waals surface area (Å²) >= 11 is 0. The molecule has 1 heterocycles. The third-order valence-corrected chi connectivity index (χ3v) is 5.39. The van der Waals surface area contributed by atoms with Crippen LogP contribution >= 0.6 is 0 Å². The van der Waals surface area contributed by atoms with Crippen LogP contribution in [0.1, 0.15) is 33.1 Å². The van der Waals surface area contributed by atoms with Gasteiger partial charge in [0.15, 0.2) is 0 Å². The van der Waals surface area contributed by atoms with Crippen molar-refractivity contribution >= 4 is 5.91 Å². The molecule has 3 fully saturated rings. The molecule has 3 atom stereocenters. The molecule has 3 heteroatoms. The molecule has 0 aromatic rings. The number of amides is 1. The first-order chi connectivity index (χ1) is 8.10. The Kier molecular flexibility index (Phi) is 2.69. The SMILES string of the molecule is CC1(C)[C@@H]2CC[C@@H](C2)[C@H]1C(=O)N1CCOCC1. The van der Waals surface area contributed by atoms with Gasteiger partial charge in [-0.3, -0.25) is 4.79 Å². The molecule has 0 aromatic heterocycles. The molecule has 1 amide bonds. The summed E-state index contributed by atoms with van der Waals surface area (Å²) in [7, 11) is 0. The number of morpholine rings is 1. The van der Waals surface area contributed by atoms with Gasteiger partial charge in [0.1, 0.15) is 0 Å². The zero-order valence-corrected chi connectivity index (χ0v) is 10.9. The highest BCUT2D eigenvalue weighted by Gasteiger charge is 2.56. The summed E-state index contributed by atoms with van der Waals surface area (Å²) in [6.45, 7) is 7.63. The minimum atomic E-state index is 0.221. The van der Waals surface area contributed by atoms with Gasteiger partial charge < -0.3 is 9.64 Å². The van der Waals surface area contributed by atoms with E-state index in [4.69, 9.17) is 4.74 Å². The molecule has 1 saturated heterocycles. The Morgan fingerprint density at radius 2 is 1.94 bits per heavy atom. The monoisotopic (exact) mass is 237 g/mol. The van der Waals surface area contributed by atoms with E-state index >= 15 is 0 Å². The predicted octanol–water partition coefficient (Wildman–Crippen LogP) is 1.92. The van der Waals surface area contributed by atoms with Gasteiger partial charge >= 0.3 is 0 Å². The van der Waals surface area contributed by atoms with Crippen molar-refractivity contribution in [2.75, 3.05) is 26.3 Å². The van der Waals surface area contributed by atoms with E-state index in [9.17, 15) is 4.79 Å². The van der Waals surface area contributed by atoms with E-state index < -0.39 is 0 Å². The van der Waals surface area contributed by atoms with E-state index in [1.54, 1.807) is 0 Å². The zero-order valence-electron chi connectivity index (χ0n) is 10.9. The van der Waals surface area contributed by atoms with Gasteiger partial charge in [-0.1, -0.05) is 13.8 Å². The maximum absolute atomic E-state index is 12.7. The second-order valence-electron chi connectivity index (χ2n) is 6.51. The molecule has 17 heavy (non-hydrogen) atoms. The second-order valence-corrected chi connectivity index (χ2v) is 6.51. The van der Waals surface area contributed by atoms with E-state index in [0.717, 1.165) is 19.0 Å². The van der Waals surface area contributed by atoms with Gasteiger partial charge in [0, 0.05) is 19.0 Å². The van der Waals surface area contributed by atoms with Crippen LogP contribution in [0.2, 0.25) is 0 Å². The number of carbonyl (C=O) groups excluding carboxylic acids is 1. The first-order valence-electron chi connectivity index (χ1n) is 6.97. The highest BCUT2D eigenvalue weighted by molar-refractivity contribution is 5.80. The number of fused-ring (bicyclic) bond motifs is 2. The Hall–Kier alpha value is -0.570. The lowest BCUT2D eigenvalue weighted by Crippen LogP contribution is -2.48. The van der Waals surface area contributed by atoms with Gasteiger partial charge in [-0.25, -0.2) is 0 Å². The standard InChI is InChI=1S/C14H23NO2/c1-14(2)11-4-3-10(9-11)12(14)13(16)15-5-7-17-8-6-15/h10-12H,3-9H2,1-2H3/t10-,11+,12-/m0/s1. The molecule has 0 N–H and O–H groups in total. The molecule has 3 nitrogen and oxygen atoms in total. The molecule has 96 valence electrons. The van der Waals surface area contributed by atoms with Crippen molar-refractivity contribution in [2.24, 2.45) is 23.2 Å². The first-order valence-corrected chi connectivity index (χ1v) is 6.97. The van der Waals surface area contributed by atoms with Crippen LogP contribution < -0.4 is 0 Å². The van der Waals surface area contributed by atoms with Gasteiger partial charge in [-0.15, -0.1) is 0 Å². The molecule has 0 aromatic carbocycles. The van der Waals surface area contributed by atoms with Crippen molar-refractivity contribution in [1.82, 2.24) is 4.90 Å². The van der Waals surface area contributed by atoms with E-state index in [1.165, 1.54) is 19.3 Å². The Labute approximate surface area is 104 Å². The maximum atomic E-state index is 12.7. The fourth-order valence-electron chi connectivity index (χ4n) is 4.36. The maximum Gasteiger partial charge on any atom is 0.226 e. The van der Waals surface area contributed by atoms with Crippen molar-refractivity contribution in [3.05, 3.63) is 0 Å². The summed E-state index contributed by atoms with van der Waals surface area (Å²) in [4.78, 5) is 14.7. The Morgan fingerprint density at radius 1 is 1.24 bits per heavy atom. The van der Waals surface area contributed by atoms with Gasteiger partial charge in [-0.05, 0) is 36.5 Å². The normalized spacial score (nSPS) is 39.6. The molecule has 0 spiro atoms. The topological polar surface area (TPSA) is 29.5 Å². The quantitative estimate of drug-likeness (QED) is 0.697. The molecule has 3 aliphatic rings. The minimum absolute atomic E-state index is 0.221. The van der Waals surface area contributed by atoms with Crippen molar-refractivity contribution in [3.63, 3.8) is 0 Å². The van der Waals surface area contributed by atoms with Crippen molar-refractivity contribution < 1.29 is 9.53 Å². The van der Waals surface area contributed by atoms with Crippen molar-refractivity contribution in [3.8, 4) is 0 Å². The summed E-state index contributed by atoms with van der Waals surface area (Å²) in [5.74, 6) is 2.12. The third kappa shape index (κ3) is 1.70. The largest absolute Gasteiger partial charge is 0.378 e. The molecule has 2 saturated carbocycles. The van der Waals surface area contributed by atoms with Crippen LogP contribution in [0.4, 0.5) is 0 Å².